The van der Waals surface area contributed by atoms with Crippen molar-refractivity contribution in [2.75, 3.05) is 13.2 Å². The number of nitrogens with one attached hydrogen (secondary N) is 1. The molecule has 0 aliphatic carbocycles. The maximum absolute atomic E-state index is 12.2. The molecule has 0 saturated carbocycles. The molecule has 0 aliphatic rings. The maximum atomic E-state index is 12.2. The monoisotopic (exact) mass is 553 g/mol. The van der Waals surface area contributed by atoms with Gasteiger partial charge in [0.1, 0.15) is 5.60 Å². The highest BCUT2D eigenvalue weighted by atomic mass is 127. The second kappa shape index (κ2) is 9.99. The van der Waals surface area contributed by atoms with Gasteiger partial charge >= 0.3 is 12.1 Å². The molecule has 172 valence electrons. The molecule has 0 saturated heterocycles. The van der Waals surface area contributed by atoms with E-state index in [1.165, 1.54) is 4.68 Å². The lowest BCUT2D eigenvalue weighted by molar-refractivity contribution is 0.0513. The van der Waals surface area contributed by atoms with Crippen molar-refractivity contribution < 1.29 is 23.9 Å². The van der Waals surface area contributed by atoms with Crippen LogP contribution in [-0.2, 0) is 15.6 Å². The molecule has 1 aromatic heterocycles. The summed E-state index contributed by atoms with van der Waals surface area (Å²) in [5.41, 5.74) is 0.199. The third-order valence-corrected chi connectivity index (χ3v) is 10.8. The van der Waals surface area contributed by atoms with Crippen LogP contribution < -0.4 is 5.32 Å². The zero-order valence-corrected chi connectivity index (χ0v) is 22.7. The van der Waals surface area contributed by atoms with E-state index in [0.29, 0.717) is 15.7 Å². The third kappa shape index (κ3) is 7.22. The van der Waals surface area contributed by atoms with Crippen LogP contribution in [0.3, 0.4) is 0 Å². The molecule has 0 spiro atoms. The van der Waals surface area contributed by atoms with Crippen molar-refractivity contribution in [3.8, 4) is 0 Å². The summed E-state index contributed by atoms with van der Waals surface area (Å²) in [6, 6.07) is -0.480. The average molecular weight is 554 g/mol. The SMILES string of the molecule is CCc1nn(C(CNC(=O)OC(C)(C)C)CO[Si](C)(C)C(C)(C)C)c(C(=O)O)c1I. The minimum atomic E-state index is -2.09. The number of aromatic carboxylic acids is 1. The summed E-state index contributed by atoms with van der Waals surface area (Å²) in [6.45, 7) is 18.4. The predicted molar refractivity (Wildman–Crippen MR) is 128 cm³/mol. The maximum Gasteiger partial charge on any atom is 0.407 e. The topological polar surface area (TPSA) is 103 Å². The highest BCUT2D eigenvalue weighted by molar-refractivity contribution is 14.1. The first kappa shape index (κ1) is 26.9. The van der Waals surface area contributed by atoms with Crippen LogP contribution in [0.1, 0.15) is 70.7 Å². The Morgan fingerprint density at radius 3 is 2.23 bits per heavy atom. The summed E-state index contributed by atoms with van der Waals surface area (Å²) in [6.07, 6.45) is 0.0511. The minimum absolute atomic E-state index is 0.00110. The van der Waals surface area contributed by atoms with Crippen LogP contribution >= 0.6 is 22.6 Å². The van der Waals surface area contributed by atoms with E-state index < -0.39 is 32.0 Å². The van der Waals surface area contributed by atoms with E-state index in [-0.39, 0.29) is 23.9 Å². The van der Waals surface area contributed by atoms with Crippen LogP contribution in [0.25, 0.3) is 0 Å². The molecule has 1 unspecified atom stereocenters. The Morgan fingerprint density at radius 2 is 1.80 bits per heavy atom. The molecule has 30 heavy (non-hydrogen) atoms. The normalized spacial score (nSPS) is 13.8. The molecule has 1 rings (SSSR count). The molecule has 1 aromatic rings. The highest BCUT2D eigenvalue weighted by Crippen LogP contribution is 2.37. The van der Waals surface area contributed by atoms with Crippen LogP contribution in [-0.4, -0.2) is 54.0 Å². The number of carboxylic acids is 1. The molecule has 1 atom stereocenters. The Morgan fingerprint density at radius 1 is 1.23 bits per heavy atom. The van der Waals surface area contributed by atoms with Crippen molar-refractivity contribution in [2.24, 2.45) is 0 Å². The molecule has 0 aliphatic heterocycles. The molecule has 1 amide bonds. The number of aryl methyl sites for hydroxylation is 1. The zero-order chi connectivity index (χ0) is 23.5. The van der Waals surface area contributed by atoms with Crippen LogP contribution in [0.5, 0.6) is 0 Å². The summed E-state index contributed by atoms with van der Waals surface area (Å²) in [4.78, 5) is 24.1. The van der Waals surface area contributed by atoms with Gasteiger partial charge in [0, 0.05) is 6.54 Å². The number of carbonyl (C=O) groups excluding carboxylic acids is 1. The van der Waals surface area contributed by atoms with Gasteiger partial charge in [0.15, 0.2) is 14.0 Å². The lowest BCUT2D eigenvalue weighted by Gasteiger charge is -2.37. The number of carboxylic acid groups (broad SMARTS) is 1. The van der Waals surface area contributed by atoms with Crippen molar-refractivity contribution in [3.05, 3.63) is 15.0 Å². The first-order chi connectivity index (χ1) is 13.5. The largest absolute Gasteiger partial charge is 0.476 e. The number of hydrogen-bond acceptors (Lipinski definition) is 5. The number of rotatable bonds is 8. The first-order valence-corrected chi connectivity index (χ1v) is 14.1. The molecule has 0 radical (unpaired) electrons. The molecular weight excluding hydrogens is 517 g/mol. The lowest BCUT2D eigenvalue weighted by atomic mass is 10.2. The summed E-state index contributed by atoms with van der Waals surface area (Å²) in [5.74, 6) is -1.05. The second-order valence-corrected chi connectivity index (χ2v) is 15.7. The molecule has 0 aromatic carbocycles. The Kier molecular flexibility index (Phi) is 8.95. The fourth-order valence-electron chi connectivity index (χ4n) is 2.40. The van der Waals surface area contributed by atoms with Crippen molar-refractivity contribution in [1.29, 1.82) is 0 Å². The number of ether oxygens (including phenoxy) is 1. The Balaban J connectivity index is 3.21. The molecule has 0 bridgehead atoms. The van der Waals surface area contributed by atoms with E-state index in [0.717, 1.165) is 0 Å². The van der Waals surface area contributed by atoms with Gasteiger partial charge in [0.2, 0.25) is 0 Å². The van der Waals surface area contributed by atoms with Gasteiger partial charge in [-0.05, 0) is 67.9 Å². The molecule has 1 heterocycles. The second-order valence-electron chi connectivity index (χ2n) is 9.82. The zero-order valence-electron chi connectivity index (χ0n) is 19.6. The van der Waals surface area contributed by atoms with E-state index in [4.69, 9.17) is 9.16 Å². The van der Waals surface area contributed by atoms with Crippen LogP contribution in [0.15, 0.2) is 0 Å². The van der Waals surface area contributed by atoms with Gasteiger partial charge in [-0.2, -0.15) is 5.10 Å². The van der Waals surface area contributed by atoms with Gasteiger partial charge in [-0.15, -0.1) is 0 Å². The molecule has 8 nitrogen and oxygen atoms in total. The van der Waals surface area contributed by atoms with Crippen LogP contribution in [0.4, 0.5) is 4.79 Å². The van der Waals surface area contributed by atoms with Gasteiger partial charge in [0.25, 0.3) is 0 Å². The number of aromatic nitrogens is 2. The summed E-state index contributed by atoms with van der Waals surface area (Å²) >= 11 is 2.02. The average Bonchev–Trinajstić information content (AvgIpc) is 2.88. The number of amides is 1. The Hall–Kier alpha value is -1.14. The van der Waals surface area contributed by atoms with E-state index >= 15 is 0 Å². The minimum Gasteiger partial charge on any atom is -0.476 e. The number of nitrogens with zero attached hydrogens (tertiary/aromatic N) is 2. The number of halogens is 1. The van der Waals surface area contributed by atoms with Gasteiger partial charge in [-0.25, -0.2) is 14.3 Å². The standard InChI is InChI=1S/C20H36IN3O5Si/c1-10-14-15(21)16(17(25)26)24(23-14)13(11-22-18(27)29-19(2,3)4)12-28-30(8,9)20(5,6)7/h13H,10-12H2,1-9H3,(H,22,27)(H,25,26). The van der Waals surface area contributed by atoms with Crippen molar-refractivity contribution in [3.63, 3.8) is 0 Å². The molecule has 10 heteroatoms. The van der Waals surface area contributed by atoms with Crippen molar-refractivity contribution in [1.82, 2.24) is 15.1 Å². The first-order valence-electron chi connectivity index (χ1n) is 10.1. The van der Waals surface area contributed by atoms with Gasteiger partial charge < -0.3 is 19.6 Å². The Bertz CT molecular complexity index is 766. The van der Waals surface area contributed by atoms with Gasteiger partial charge in [-0.3, -0.25) is 0 Å². The van der Waals surface area contributed by atoms with Gasteiger partial charge in [0.05, 0.1) is 21.9 Å². The highest BCUT2D eigenvalue weighted by Gasteiger charge is 2.38. The quantitative estimate of drug-likeness (QED) is 0.353. The van der Waals surface area contributed by atoms with Gasteiger partial charge in [-0.1, -0.05) is 27.7 Å². The van der Waals surface area contributed by atoms with E-state index in [1.807, 2.05) is 29.5 Å². The smallest absolute Gasteiger partial charge is 0.407 e. The number of alkyl carbamates (subject to hydrolysis) is 1. The van der Waals surface area contributed by atoms with Crippen LogP contribution in [0, 0.1) is 3.57 Å². The Labute approximate surface area is 194 Å². The molecule has 2 N–H and O–H groups in total. The third-order valence-electron chi connectivity index (χ3n) is 5.13. The number of carbonyl (C=O) groups is 2. The lowest BCUT2D eigenvalue weighted by Crippen LogP contribution is -2.44. The van der Waals surface area contributed by atoms with E-state index in [9.17, 15) is 14.7 Å². The van der Waals surface area contributed by atoms with Crippen molar-refractivity contribution in [2.45, 2.75) is 84.7 Å². The fraction of sp³-hybridized carbons (Fsp3) is 0.750. The molecule has 0 fully saturated rings. The number of hydrogen-bond donors (Lipinski definition) is 2. The summed E-state index contributed by atoms with van der Waals surface area (Å²) in [5, 5.41) is 17.1. The fourth-order valence-corrected chi connectivity index (χ4v) is 4.40. The van der Waals surface area contributed by atoms with E-state index in [1.54, 1.807) is 20.8 Å². The summed E-state index contributed by atoms with van der Waals surface area (Å²) < 4.78 is 13.8. The molecular formula is C20H36IN3O5Si. The van der Waals surface area contributed by atoms with E-state index in [2.05, 4.69) is 44.3 Å². The van der Waals surface area contributed by atoms with Crippen LogP contribution in [0.2, 0.25) is 18.1 Å². The van der Waals surface area contributed by atoms with Crippen molar-refractivity contribution >= 4 is 43.0 Å². The predicted octanol–water partition coefficient (Wildman–Crippen LogP) is 4.84. The summed E-state index contributed by atoms with van der Waals surface area (Å²) in [7, 11) is -2.09.